The van der Waals surface area contributed by atoms with Crippen LogP contribution in [-0.2, 0) is 16.1 Å². The van der Waals surface area contributed by atoms with Crippen molar-refractivity contribution >= 4 is 11.9 Å². The second-order valence-electron chi connectivity index (χ2n) is 9.54. The van der Waals surface area contributed by atoms with Gasteiger partial charge in [0, 0.05) is 11.1 Å². The third-order valence-electron chi connectivity index (χ3n) is 5.55. The van der Waals surface area contributed by atoms with E-state index in [1.165, 1.54) is 21.0 Å². The lowest BCUT2D eigenvalue weighted by Crippen LogP contribution is -2.31. The number of ether oxygens (including phenoxy) is 4. The van der Waals surface area contributed by atoms with E-state index < -0.39 is 30.1 Å². The van der Waals surface area contributed by atoms with Crippen molar-refractivity contribution in [2.45, 2.75) is 53.8 Å². The molecule has 0 aromatic heterocycles. The minimum absolute atomic E-state index is 0.0235. The van der Waals surface area contributed by atoms with Crippen LogP contribution in [0.3, 0.4) is 0 Å². The van der Waals surface area contributed by atoms with E-state index in [1.54, 1.807) is 31.2 Å². The van der Waals surface area contributed by atoms with Crippen molar-refractivity contribution in [1.29, 1.82) is 0 Å². The summed E-state index contributed by atoms with van der Waals surface area (Å²) in [5.74, 6) is -0.665. The van der Waals surface area contributed by atoms with Gasteiger partial charge in [-0.1, -0.05) is 13.8 Å². The zero-order valence-corrected chi connectivity index (χ0v) is 20.4. The highest BCUT2D eigenvalue weighted by atomic mass is 19.1. The van der Waals surface area contributed by atoms with Crippen molar-refractivity contribution in [3.05, 3.63) is 46.5 Å². The van der Waals surface area contributed by atoms with Gasteiger partial charge in [-0.2, -0.15) is 0 Å². The summed E-state index contributed by atoms with van der Waals surface area (Å²) in [5.41, 5.74) is 0.354. The molecule has 0 bridgehead atoms. The number of hydrogen-bond donors (Lipinski definition) is 1. The van der Waals surface area contributed by atoms with Gasteiger partial charge in [-0.3, -0.25) is 4.79 Å². The molecule has 0 saturated heterocycles. The van der Waals surface area contributed by atoms with E-state index in [0.717, 1.165) is 5.56 Å². The molecule has 1 atom stereocenters. The molecule has 34 heavy (non-hydrogen) atoms. The van der Waals surface area contributed by atoms with Gasteiger partial charge in [0.1, 0.15) is 30.3 Å². The summed E-state index contributed by atoms with van der Waals surface area (Å²) in [6.45, 7) is 7.61. The highest BCUT2D eigenvalue weighted by Crippen LogP contribution is 2.45. The summed E-state index contributed by atoms with van der Waals surface area (Å²) in [6.07, 6.45) is -0.384. The second kappa shape index (κ2) is 10.0. The van der Waals surface area contributed by atoms with E-state index in [-0.39, 0.29) is 41.1 Å². The predicted octanol–water partition coefficient (Wildman–Crippen LogP) is 5.45. The molecule has 0 amide bonds. The maximum atomic E-state index is 13.3. The zero-order chi connectivity index (χ0) is 25.2. The average Bonchev–Trinajstić information content (AvgIpc) is 2.76. The molecule has 184 valence electrons. The Morgan fingerprint density at radius 1 is 1.26 bits per heavy atom. The van der Waals surface area contributed by atoms with Crippen LogP contribution < -0.4 is 14.2 Å². The number of esters is 2. The van der Waals surface area contributed by atoms with E-state index in [1.807, 2.05) is 13.8 Å². The molecule has 0 unspecified atom stereocenters. The van der Waals surface area contributed by atoms with Gasteiger partial charge >= 0.3 is 11.9 Å². The Morgan fingerprint density at radius 2 is 1.97 bits per heavy atom. The highest BCUT2D eigenvalue weighted by molar-refractivity contribution is 5.97. The Kier molecular flexibility index (Phi) is 7.51. The summed E-state index contributed by atoms with van der Waals surface area (Å²) in [5, 5.41) is 10.7. The first-order valence-electron chi connectivity index (χ1n) is 11.1. The molecule has 1 aliphatic rings. The van der Waals surface area contributed by atoms with Crippen molar-refractivity contribution in [1.82, 2.24) is 0 Å². The van der Waals surface area contributed by atoms with Crippen LogP contribution in [-0.4, -0.2) is 30.8 Å². The number of cyclic esters (lactones) is 1. The van der Waals surface area contributed by atoms with Crippen molar-refractivity contribution in [2.24, 2.45) is 11.3 Å². The van der Waals surface area contributed by atoms with Gasteiger partial charge in [0.25, 0.3) is 0 Å². The SMILES string of the molecule is COc1c([C@@H](O)CC(C)C)ccc2c1C(=O)OCc1cc(C)cc(OC(=O)C(C)(C)CF)c1O2. The number of fused-ring (bicyclic) bond motifs is 2. The molecule has 1 aliphatic heterocycles. The molecule has 0 fully saturated rings. The Bertz CT molecular complexity index is 1090. The number of carbonyl (C=O) groups excluding carboxylic acids is 2. The smallest absolute Gasteiger partial charge is 0.346 e. The van der Waals surface area contributed by atoms with Crippen LogP contribution in [0.4, 0.5) is 4.39 Å². The first-order valence-corrected chi connectivity index (χ1v) is 11.1. The van der Waals surface area contributed by atoms with Gasteiger partial charge in [-0.15, -0.1) is 0 Å². The number of aryl methyl sites for hydroxylation is 1. The zero-order valence-electron chi connectivity index (χ0n) is 20.4. The van der Waals surface area contributed by atoms with E-state index >= 15 is 0 Å². The molecule has 8 heteroatoms. The number of aliphatic hydroxyl groups excluding tert-OH is 1. The van der Waals surface area contributed by atoms with Gasteiger partial charge < -0.3 is 24.1 Å². The Balaban J connectivity index is 2.11. The van der Waals surface area contributed by atoms with Crippen molar-refractivity contribution in [2.75, 3.05) is 13.8 Å². The quantitative estimate of drug-likeness (QED) is 0.422. The standard InChI is InChI=1S/C26H31FO7/c1-14(2)9-18(28)17-7-8-19-21(23(17)31-6)24(29)32-12-16-10-15(3)11-20(22(16)33-19)34-25(30)26(4,5)13-27/h7-8,10-11,14,18,28H,9,12-13H2,1-6H3/t18-/m0/s1. The van der Waals surface area contributed by atoms with Crippen LogP contribution in [0.1, 0.15) is 67.3 Å². The lowest BCUT2D eigenvalue weighted by atomic mass is 9.96. The van der Waals surface area contributed by atoms with Crippen LogP contribution in [0.15, 0.2) is 24.3 Å². The molecule has 0 saturated carbocycles. The number of hydrogen-bond acceptors (Lipinski definition) is 7. The largest absolute Gasteiger partial charge is 0.495 e. The highest BCUT2D eigenvalue weighted by Gasteiger charge is 2.33. The van der Waals surface area contributed by atoms with Crippen molar-refractivity contribution < 1.29 is 38.0 Å². The van der Waals surface area contributed by atoms with Gasteiger partial charge in [-0.25, -0.2) is 9.18 Å². The molecule has 2 aromatic rings. The number of methoxy groups -OCH3 is 1. The average molecular weight is 475 g/mol. The fourth-order valence-electron chi connectivity index (χ4n) is 3.64. The number of alkyl halides is 1. The van der Waals surface area contributed by atoms with Crippen LogP contribution in [0.25, 0.3) is 0 Å². The minimum atomic E-state index is -1.34. The summed E-state index contributed by atoms with van der Waals surface area (Å²) in [6, 6.07) is 6.53. The van der Waals surface area contributed by atoms with E-state index in [2.05, 4.69) is 0 Å². The van der Waals surface area contributed by atoms with E-state index in [4.69, 9.17) is 18.9 Å². The Labute approximate surface area is 198 Å². The summed E-state index contributed by atoms with van der Waals surface area (Å²) >= 11 is 0. The molecule has 1 heterocycles. The van der Waals surface area contributed by atoms with Crippen molar-refractivity contribution in [3.8, 4) is 23.0 Å². The molecule has 0 radical (unpaired) electrons. The first kappa shape index (κ1) is 25.5. The lowest BCUT2D eigenvalue weighted by Gasteiger charge is -2.25. The second-order valence-corrected chi connectivity index (χ2v) is 9.54. The van der Waals surface area contributed by atoms with Crippen molar-refractivity contribution in [3.63, 3.8) is 0 Å². The van der Waals surface area contributed by atoms with Crippen LogP contribution in [0, 0.1) is 18.3 Å². The summed E-state index contributed by atoms with van der Waals surface area (Å²) < 4.78 is 36.0. The number of halogens is 1. The molecule has 0 aliphatic carbocycles. The Hall–Kier alpha value is -3.13. The van der Waals surface area contributed by atoms with Crippen LogP contribution >= 0.6 is 0 Å². The van der Waals surface area contributed by atoms with Gasteiger partial charge in [0.2, 0.25) is 0 Å². The molecular formula is C26H31FO7. The number of aliphatic hydroxyl groups is 1. The Morgan fingerprint density at radius 3 is 2.59 bits per heavy atom. The first-order chi connectivity index (χ1) is 16.0. The molecule has 7 nitrogen and oxygen atoms in total. The lowest BCUT2D eigenvalue weighted by molar-refractivity contribution is -0.144. The minimum Gasteiger partial charge on any atom is -0.495 e. The van der Waals surface area contributed by atoms with Gasteiger partial charge in [-0.05, 0) is 62.9 Å². The third kappa shape index (κ3) is 5.17. The van der Waals surface area contributed by atoms with Crippen LogP contribution in [0.5, 0.6) is 23.0 Å². The maximum absolute atomic E-state index is 13.3. The molecular weight excluding hydrogens is 443 g/mol. The van der Waals surface area contributed by atoms with E-state index in [9.17, 15) is 19.1 Å². The summed E-state index contributed by atoms with van der Waals surface area (Å²) in [4.78, 5) is 25.5. The summed E-state index contributed by atoms with van der Waals surface area (Å²) in [7, 11) is 1.40. The molecule has 1 N–H and O–H groups in total. The molecule has 2 aromatic carbocycles. The normalized spacial score (nSPS) is 14.2. The van der Waals surface area contributed by atoms with Gasteiger partial charge in [0.05, 0.1) is 18.6 Å². The number of rotatable bonds is 7. The number of carbonyl (C=O) groups is 2. The molecule has 3 rings (SSSR count). The predicted molar refractivity (Wildman–Crippen MR) is 123 cm³/mol. The third-order valence-corrected chi connectivity index (χ3v) is 5.55. The topological polar surface area (TPSA) is 91.3 Å². The maximum Gasteiger partial charge on any atom is 0.346 e. The monoisotopic (exact) mass is 474 g/mol. The fourth-order valence-corrected chi connectivity index (χ4v) is 3.64. The number of benzene rings is 2. The molecule has 0 spiro atoms. The van der Waals surface area contributed by atoms with Crippen LogP contribution in [0.2, 0.25) is 0 Å². The van der Waals surface area contributed by atoms with E-state index in [0.29, 0.717) is 17.5 Å². The fraction of sp³-hybridized carbons (Fsp3) is 0.462. The van der Waals surface area contributed by atoms with Gasteiger partial charge in [0.15, 0.2) is 11.5 Å².